The number of rotatable bonds is 4. The summed E-state index contributed by atoms with van der Waals surface area (Å²) >= 11 is 1.40. The van der Waals surface area contributed by atoms with Crippen LogP contribution < -0.4 is 5.73 Å². The summed E-state index contributed by atoms with van der Waals surface area (Å²) in [5.41, 5.74) is 5.23. The molecule has 72 valence electrons. The van der Waals surface area contributed by atoms with E-state index in [0.29, 0.717) is 5.75 Å². The van der Waals surface area contributed by atoms with E-state index in [-0.39, 0.29) is 12.4 Å². The third kappa shape index (κ3) is 3.76. The van der Waals surface area contributed by atoms with E-state index in [1.807, 2.05) is 0 Å². The summed E-state index contributed by atoms with van der Waals surface area (Å²) < 4.78 is 12.7. The minimum Gasteiger partial charge on any atom is -0.391 e. The molecular formula is C9H12FNOS. The molecule has 0 fully saturated rings. The minimum atomic E-state index is -0.520. The molecule has 0 bridgehead atoms. The monoisotopic (exact) mass is 201 g/mol. The number of aliphatic hydroxyl groups excluding tert-OH is 1. The SMILES string of the molecule is NCC(O)CSc1cccc(F)c1. The lowest BCUT2D eigenvalue weighted by molar-refractivity contribution is 0.208. The highest BCUT2D eigenvalue weighted by Crippen LogP contribution is 2.18. The predicted octanol–water partition coefficient (Wildman–Crippen LogP) is 1.24. The molecule has 0 amide bonds. The predicted molar refractivity (Wildman–Crippen MR) is 52.2 cm³/mol. The summed E-state index contributed by atoms with van der Waals surface area (Å²) in [5.74, 6) is 0.243. The van der Waals surface area contributed by atoms with E-state index in [0.717, 1.165) is 4.90 Å². The fraction of sp³-hybridized carbons (Fsp3) is 0.333. The van der Waals surface area contributed by atoms with Gasteiger partial charge in [0.15, 0.2) is 0 Å². The van der Waals surface area contributed by atoms with Gasteiger partial charge in [-0.1, -0.05) is 6.07 Å². The molecule has 0 spiro atoms. The molecule has 4 heteroatoms. The van der Waals surface area contributed by atoms with Gasteiger partial charge in [0.2, 0.25) is 0 Å². The van der Waals surface area contributed by atoms with Crippen molar-refractivity contribution in [2.75, 3.05) is 12.3 Å². The van der Waals surface area contributed by atoms with Gasteiger partial charge >= 0.3 is 0 Å². The van der Waals surface area contributed by atoms with Crippen LogP contribution in [0.4, 0.5) is 4.39 Å². The van der Waals surface area contributed by atoms with Gasteiger partial charge in [-0.25, -0.2) is 4.39 Å². The van der Waals surface area contributed by atoms with Crippen molar-refractivity contribution in [3.63, 3.8) is 0 Å². The standard InChI is InChI=1S/C9H12FNOS/c10-7-2-1-3-9(4-7)13-6-8(12)5-11/h1-4,8,12H,5-6,11H2. The third-order valence-corrected chi connectivity index (χ3v) is 2.65. The number of hydrogen-bond acceptors (Lipinski definition) is 3. The summed E-state index contributed by atoms with van der Waals surface area (Å²) in [6.07, 6.45) is -0.520. The van der Waals surface area contributed by atoms with Gasteiger partial charge in [0.05, 0.1) is 6.10 Å². The quantitative estimate of drug-likeness (QED) is 0.720. The lowest BCUT2D eigenvalue weighted by atomic mass is 10.3. The lowest BCUT2D eigenvalue weighted by Crippen LogP contribution is -2.21. The van der Waals surface area contributed by atoms with Crippen LogP contribution in [0.15, 0.2) is 29.2 Å². The average molecular weight is 201 g/mol. The Morgan fingerprint density at radius 3 is 2.92 bits per heavy atom. The van der Waals surface area contributed by atoms with Crippen LogP contribution in [-0.4, -0.2) is 23.5 Å². The number of benzene rings is 1. The van der Waals surface area contributed by atoms with E-state index >= 15 is 0 Å². The third-order valence-electron chi connectivity index (χ3n) is 1.51. The lowest BCUT2D eigenvalue weighted by Gasteiger charge is -2.06. The molecule has 1 rings (SSSR count). The number of thioether (sulfide) groups is 1. The van der Waals surface area contributed by atoms with Crippen LogP contribution in [-0.2, 0) is 0 Å². The topological polar surface area (TPSA) is 46.2 Å². The largest absolute Gasteiger partial charge is 0.391 e. The van der Waals surface area contributed by atoms with Crippen molar-refractivity contribution in [2.45, 2.75) is 11.0 Å². The molecule has 2 nitrogen and oxygen atoms in total. The van der Waals surface area contributed by atoms with Crippen LogP contribution in [0.2, 0.25) is 0 Å². The molecule has 0 aliphatic rings. The van der Waals surface area contributed by atoms with Crippen molar-refractivity contribution >= 4 is 11.8 Å². The number of halogens is 1. The maximum Gasteiger partial charge on any atom is 0.124 e. The average Bonchev–Trinajstić information content (AvgIpc) is 2.14. The molecule has 0 aliphatic heterocycles. The Bertz CT molecular complexity index is 270. The highest BCUT2D eigenvalue weighted by atomic mass is 32.2. The summed E-state index contributed by atoms with van der Waals surface area (Å²) in [5, 5.41) is 9.15. The van der Waals surface area contributed by atoms with Gasteiger partial charge in [-0.2, -0.15) is 0 Å². The highest BCUT2D eigenvalue weighted by molar-refractivity contribution is 7.99. The molecule has 13 heavy (non-hydrogen) atoms. The second kappa shape index (κ2) is 5.21. The zero-order valence-corrected chi connectivity index (χ0v) is 7.93. The van der Waals surface area contributed by atoms with Crippen LogP contribution in [0.25, 0.3) is 0 Å². The Hall–Kier alpha value is -0.580. The van der Waals surface area contributed by atoms with Gasteiger partial charge in [0, 0.05) is 17.2 Å². The Kier molecular flexibility index (Phi) is 4.21. The first-order valence-electron chi connectivity index (χ1n) is 3.99. The Morgan fingerprint density at radius 1 is 1.54 bits per heavy atom. The van der Waals surface area contributed by atoms with Gasteiger partial charge in [0.1, 0.15) is 5.82 Å². The smallest absolute Gasteiger partial charge is 0.124 e. The first-order valence-corrected chi connectivity index (χ1v) is 4.97. The molecule has 0 saturated carbocycles. The fourth-order valence-corrected chi connectivity index (χ4v) is 1.71. The Balaban J connectivity index is 2.45. The minimum absolute atomic E-state index is 0.238. The molecule has 1 aromatic carbocycles. The summed E-state index contributed by atoms with van der Waals surface area (Å²) in [6.45, 7) is 0.238. The molecule has 1 atom stereocenters. The van der Waals surface area contributed by atoms with Crippen LogP contribution in [0.1, 0.15) is 0 Å². The van der Waals surface area contributed by atoms with Crippen molar-refractivity contribution < 1.29 is 9.50 Å². The number of hydrogen-bond donors (Lipinski definition) is 2. The van der Waals surface area contributed by atoms with E-state index in [1.54, 1.807) is 12.1 Å². The Labute approximate surface area is 80.9 Å². The van der Waals surface area contributed by atoms with E-state index in [4.69, 9.17) is 10.8 Å². The number of nitrogens with two attached hydrogens (primary N) is 1. The summed E-state index contributed by atoms with van der Waals surface area (Å²) in [6, 6.07) is 6.28. The maximum absolute atomic E-state index is 12.7. The number of aliphatic hydroxyl groups is 1. The molecule has 1 unspecified atom stereocenters. The highest BCUT2D eigenvalue weighted by Gasteiger charge is 2.02. The maximum atomic E-state index is 12.7. The van der Waals surface area contributed by atoms with Crippen molar-refractivity contribution in [3.05, 3.63) is 30.1 Å². The van der Waals surface area contributed by atoms with Crippen LogP contribution in [0.5, 0.6) is 0 Å². The van der Waals surface area contributed by atoms with E-state index in [2.05, 4.69) is 0 Å². The first-order chi connectivity index (χ1) is 6.22. The molecule has 0 aliphatic carbocycles. The first kappa shape index (κ1) is 10.5. The van der Waals surface area contributed by atoms with Gasteiger partial charge in [0.25, 0.3) is 0 Å². The molecule has 0 aromatic heterocycles. The summed E-state index contributed by atoms with van der Waals surface area (Å²) in [7, 11) is 0. The van der Waals surface area contributed by atoms with Crippen molar-refractivity contribution in [1.29, 1.82) is 0 Å². The van der Waals surface area contributed by atoms with Gasteiger partial charge < -0.3 is 10.8 Å². The van der Waals surface area contributed by atoms with Gasteiger partial charge in [-0.3, -0.25) is 0 Å². The molecule has 1 aromatic rings. The van der Waals surface area contributed by atoms with Crippen LogP contribution in [0, 0.1) is 5.82 Å². The second-order valence-corrected chi connectivity index (χ2v) is 3.75. The summed E-state index contributed by atoms with van der Waals surface area (Å²) in [4.78, 5) is 0.813. The molecule has 3 N–H and O–H groups in total. The van der Waals surface area contributed by atoms with Crippen molar-refractivity contribution in [1.82, 2.24) is 0 Å². The second-order valence-electron chi connectivity index (χ2n) is 2.66. The molecule has 0 saturated heterocycles. The van der Waals surface area contributed by atoms with E-state index in [1.165, 1.54) is 23.9 Å². The van der Waals surface area contributed by atoms with E-state index in [9.17, 15) is 4.39 Å². The zero-order valence-electron chi connectivity index (χ0n) is 7.11. The van der Waals surface area contributed by atoms with Crippen LogP contribution in [0.3, 0.4) is 0 Å². The van der Waals surface area contributed by atoms with Gasteiger partial charge in [-0.05, 0) is 18.2 Å². The molecule has 0 heterocycles. The van der Waals surface area contributed by atoms with E-state index < -0.39 is 6.10 Å². The fourth-order valence-electron chi connectivity index (χ4n) is 0.817. The van der Waals surface area contributed by atoms with Gasteiger partial charge in [-0.15, -0.1) is 11.8 Å². The van der Waals surface area contributed by atoms with Crippen molar-refractivity contribution in [3.8, 4) is 0 Å². The molecule has 0 radical (unpaired) electrons. The van der Waals surface area contributed by atoms with Crippen LogP contribution >= 0.6 is 11.8 Å². The van der Waals surface area contributed by atoms with Crippen molar-refractivity contribution in [2.24, 2.45) is 5.73 Å². The Morgan fingerprint density at radius 2 is 2.31 bits per heavy atom. The zero-order chi connectivity index (χ0) is 9.68. The normalized spacial score (nSPS) is 12.8. The molecular weight excluding hydrogens is 189 g/mol.